The maximum absolute atomic E-state index is 14.6. The molecule has 0 amide bonds. The van der Waals surface area contributed by atoms with Gasteiger partial charge in [-0.05, 0) is 36.4 Å². The van der Waals surface area contributed by atoms with Crippen LogP contribution in [0.25, 0.3) is 33.3 Å². The van der Waals surface area contributed by atoms with Gasteiger partial charge in [0.1, 0.15) is 11.3 Å². The molecule has 0 bridgehead atoms. The molecule has 3 aromatic heterocycles. The molecule has 0 aliphatic carbocycles. The van der Waals surface area contributed by atoms with Gasteiger partial charge in [-0.15, -0.1) is 0 Å². The van der Waals surface area contributed by atoms with Crippen molar-refractivity contribution >= 4 is 22.1 Å². The highest BCUT2D eigenvalue weighted by Gasteiger charge is 2.30. The first kappa shape index (κ1) is 19.2. The quantitative estimate of drug-likeness (QED) is 0.343. The van der Waals surface area contributed by atoms with Gasteiger partial charge in [0.25, 0.3) is 0 Å². The van der Waals surface area contributed by atoms with Crippen LogP contribution in [0.2, 0.25) is 0 Å². The highest BCUT2D eigenvalue weighted by Crippen LogP contribution is 2.32. The lowest BCUT2D eigenvalue weighted by Gasteiger charge is -2.10. The van der Waals surface area contributed by atoms with E-state index in [1.54, 1.807) is 47.4 Å². The summed E-state index contributed by atoms with van der Waals surface area (Å²) in [6.45, 7) is 0.173. The molecule has 154 valence electrons. The van der Waals surface area contributed by atoms with Gasteiger partial charge in [-0.25, -0.2) is 14.4 Å². The van der Waals surface area contributed by atoms with Crippen molar-refractivity contribution in [1.29, 1.82) is 0 Å². The average molecular weight is 422 g/mol. The summed E-state index contributed by atoms with van der Waals surface area (Å²) < 4.78 is 55.5. The summed E-state index contributed by atoms with van der Waals surface area (Å²) in [7, 11) is 0. The average Bonchev–Trinajstić information content (AvgIpc) is 3.16. The van der Waals surface area contributed by atoms with Crippen LogP contribution in [-0.4, -0.2) is 19.5 Å². The molecule has 0 spiro atoms. The topological polar surface area (TPSA) is 43.6 Å². The molecule has 8 heteroatoms. The standard InChI is InChI=1S/C23H14F4N4/c24-18-11-21-14(4-2-8-28-21)9-16(18)12-31-13-29-20-7-6-19(30-22(20)31)15-3-1-5-17(10-15)23(25,26)27/h1-11,13H,12H2. The second kappa shape index (κ2) is 7.16. The molecule has 31 heavy (non-hydrogen) atoms. The largest absolute Gasteiger partial charge is 0.416 e. The molecule has 0 aliphatic rings. The predicted molar refractivity (Wildman–Crippen MR) is 109 cm³/mol. The smallest absolute Gasteiger partial charge is 0.311 e. The Balaban J connectivity index is 1.55. The SMILES string of the molecule is Fc1cc2ncccc2cc1Cn1cnc2ccc(-c3cccc(C(F)(F)F)c3)nc21. The highest BCUT2D eigenvalue weighted by atomic mass is 19.4. The molecular weight excluding hydrogens is 408 g/mol. The minimum Gasteiger partial charge on any atom is -0.311 e. The van der Waals surface area contributed by atoms with Gasteiger partial charge in [-0.2, -0.15) is 13.2 Å². The summed E-state index contributed by atoms with van der Waals surface area (Å²) in [6.07, 6.45) is -1.30. The number of benzene rings is 2. The van der Waals surface area contributed by atoms with Crippen LogP contribution in [0.15, 0.2) is 73.2 Å². The zero-order chi connectivity index (χ0) is 21.6. The van der Waals surface area contributed by atoms with Crippen molar-refractivity contribution in [3.8, 4) is 11.3 Å². The number of alkyl halides is 3. The molecule has 0 fully saturated rings. The maximum atomic E-state index is 14.6. The summed E-state index contributed by atoms with van der Waals surface area (Å²) >= 11 is 0. The lowest BCUT2D eigenvalue weighted by Crippen LogP contribution is -2.05. The van der Waals surface area contributed by atoms with E-state index in [9.17, 15) is 17.6 Å². The number of fused-ring (bicyclic) bond motifs is 2. The summed E-state index contributed by atoms with van der Waals surface area (Å²) in [5.74, 6) is -0.401. The summed E-state index contributed by atoms with van der Waals surface area (Å²) in [4.78, 5) is 12.9. The van der Waals surface area contributed by atoms with Crippen molar-refractivity contribution in [3.63, 3.8) is 0 Å². The number of imidazole rings is 1. The fourth-order valence-electron chi connectivity index (χ4n) is 3.52. The van der Waals surface area contributed by atoms with Gasteiger partial charge in [-0.1, -0.05) is 18.2 Å². The summed E-state index contributed by atoms with van der Waals surface area (Å²) in [6, 6.07) is 15.0. The van der Waals surface area contributed by atoms with Crippen LogP contribution in [-0.2, 0) is 12.7 Å². The van der Waals surface area contributed by atoms with Crippen molar-refractivity contribution in [2.24, 2.45) is 0 Å². The third kappa shape index (κ3) is 3.61. The Morgan fingerprint density at radius 2 is 1.74 bits per heavy atom. The van der Waals surface area contributed by atoms with Crippen molar-refractivity contribution in [2.45, 2.75) is 12.7 Å². The molecule has 0 radical (unpaired) electrons. The molecule has 0 atom stereocenters. The molecule has 0 aliphatic heterocycles. The molecule has 0 unspecified atom stereocenters. The number of halogens is 4. The number of hydrogen-bond acceptors (Lipinski definition) is 3. The Kier molecular flexibility index (Phi) is 4.43. The van der Waals surface area contributed by atoms with Gasteiger partial charge in [0, 0.05) is 28.8 Å². The van der Waals surface area contributed by atoms with Crippen molar-refractivity contribution in [3.05, 3.63) is 90.1 Å². The first-order chi connectivity index (χ1) is 14.9. The molecule has 3 heterocycles. The molecule has 2 aromatic carbocycles. The van der Waals surface area contributed by atoms with Crippen LogP contribution in [0.1, 0.15) is 11.1 Å². The van der Waals surface area contributed by atoms with Crippen LogP contribution in [0, 0.1) is 5.82 Å². The molecular formula is C23H14F4N4. The Morgan fingerprint density at radius 3 is 2.58 bits per heavy atom. The Hall–Kier alpha value is -3.81. The Bertz CT molecular complexity index is 1420. The second-order valence-electron chi connectivity index (χ2n) is 7.13. The van der Waals surface area contributed by atoms with Gasteiger partial charge in [0.2, 0.25) is 0 Å². The van der Waals surface area contributed by atoms with E-state index in [-0.39, 0.29) is 6.54 Å². The number of pyridine rings is 2. The monoisotopic (exact) mass is 422 g/mol. The lowest BCUT2D eigenvalue weighted by molar-refractivity contribution is -0.137. The summed E-state index contributed by atoms with van der Waals surface area (Å²) in [5.41, 5.74) is 2.00. The molecule has 0 saturated heterocycles. The van der Waals surface area contributed by atoms with E-state index in [1.165, 1.54) is 12.1 Å². The normalized spacial score (nSPS) is 12.0. The molecule has 4 nitrogen and oxygen atoms in total. The molecule has 5 aromatic rings. The first-order valence-electron chi connectivity index (χ1n) is 9.41. The van der Waals surface area contributed by atoms with Crippen molar-refractivity contribution in [1.82, 2.24) is 19.5 Å². The van der Waals surface area contributed by atoms with E-state index in [0.29, 0.717) is 33.5 Å². The van der Waals surface area contributed by atoms with E-state index in [1.807, 2.05) is 6.07 Å². The lowest BCUT2D eigenvalue weighted by atomic mass is 10.1. The molecule has 5 rings (SSSR count). The van der Waals surface area contributed by atoms with Crippen LogP contribution < -0.4 is 0 Å². The third-order valence-corrected chi connectivity index (χ3v) is 5.06. The van der Waals surface area contributed by atoms with Crippen LogP contribution >= 0.6 is 0 Å². The van der Waals surface area contributed by atoms with Gasteiger partial charge in [-0.3, -0.25) is 4.98 Å². The molecule has 0 saturated carbocycles. The second-order valence-corrected chi connectivity index (χ2v) is 7.13. The first-order valence-corrected chi connectivity index (χ1v) is 9.41. The van der Waals surface area contributed by atoms with Crippen molar-refractivity contribution in [2.75, 3.05) is 0 Å². The fourth-order valence-corrected chi connectivity index (χ4v) is 3.52. The Morgan fingerprint density at radius 1 is 0.871 bits per heavy atom. The van der Waals surface area contributed by atoms with E-state index in [2.05, 4.69) is 15.0 Å². The van der Waals surface area contributed by atoms with Crippen LogP contribution in [0.5, 0.6) is 0 Å². The van der Waals surface area contributed by atoms with Gasteiger partial charge >= 0.3 is 6.18 Å². The van der Waals surface area contributed by atoms with E-state index in [0.717, 1.165) is 17.5 Å². The molecule has 0 N–H and O–H groups in total. The van der Waals surface area contributed by atoms with Gasteiger partial charge < -0.3 is 4.57 Å². The van der Waals surface area contributed by atoms with Gasteiger partial charge in [0.15, 0.2) is 5.65 Å². The van der Waals surface area contributed by atoms with E-state index >= 15 is 0 Å². The third-order valence-electron chi connectivity index (χ3n) is 5.06. The van der Waals surface area contributed by atoms with Crippen molar-refractivity contribution < 1.29 is 17.6 Å². The predicted octanol–water partition coefficient (Wildman–Crippen LogP) is 5.85. The Labute approximate surface area is 173 Å². The number of hydrogen-bond donors (Lipinski definition) is 0. The zero-order valence-electron chi connectivity index (χ0n) is 15.9. The minimum atomic E-state index is -4.44. The minimum absolute atomic E-state index is 0.173. The van der Waals surface area contributed by atoms with Crippen LogP contribution in [0.4, 0.5) is 17.6 Å². The number of rotatable bonds is 3. The zero-order valence-corrected chi connectivity index (χ0v) is 15.9. The fraction of sp³-hybridized carbons (Fsp3) is 0.0870. The van der Waals surface area contributed by atoms with Gasteiger partial charge in [0.05, 0.1) is 29.6 Å². The summed E-state index contributed by atoms with van der Waals surface area (Å²) in [5, 5.41) is 0.806. The highest BCUT2D eigenvalue weighted by molar-refractivity contribution is 5.79. The number of nitrogens with zero attached hydrogens (tertiary/aromatic N) is 4. The van der Waals surface area contributed by atoms with E-state index in [4.69, 9.17) is 0 Å². The van der Waals surface area contributed by atoms with E-state index < -0.39 is 17.6 Å². The maximum Gasteiger partial charge on any atom is 0.416 e. The number of aromatic nitrogens is 4. The van der Waals surface area contributed by atoms with Crippen LogP contribution in [0.3, 0.4) is 0 Å².